The van der Waals surface area contributed by atoms with Crippen LogP contribution in [-0.4, -0.2) is 37.0 Å². The molecule has 0 aromatic carbocycles. The maximum Gasteiger partial charge on any atom is 0.237 e. The molecule has 0 radical (unpaired) electrons. The van der Waals surface area contributed by atoms with Crippen molar-refractivity contribution in [3.8, 4) is 0 Å². The minimum Gasteiger partial charge on any atom is -0.354 e. The fourth-order valence-corrected chi connectivity index (χ4v) is 2.88. The monoisotopic (exact) mass is 267 g/mol. The van der Waals surface area contributed by atoms with E-state index >= 15 is 0 Å². The van der Waals surface area contributed by atoms with Gasteiger partial charge in [-0.1, -0.05) is 19.3 Å². The van der Waals surface area contributed by atoms with Gasteiger partial charge in [-0.05, 0) is 32.2 Å². The van der Waals surface area contributed by atoms with Crippen LogP contribution in [0.1, 0.15) is 51.4 Å². The Balaban J connectivity index is 1.56. The van der Waals surface area contributed by atoms with E-state index in [1.807, 2.05) is 0 Å². The van der Waals surface area contributed by atoms with Crippen molar-refractivity contribution in [2.45, 2.75) is 63.5 Å². The van der Waals surface area contributed by atoms with Crippen LogP contribution < -0.4 is 16.0 Å². The van der Waals surface area contributed by atoms with Crippen molar-refractivity contribution in [3.05, 3.63) is 0 Å². The molecule has 3 N–H and O–H groups in total. The predicted molar refractivity (Wildman–Crippen MR) is 73.7 cm³/mol. The molecule has 108 valence electrons. The van der Waals surface area contributed by atoms with Crippen molar-refractivity contribution < 1.29 is 9.59 Å². The highest BCUT2D eigenvalue weighted by molar-refractivity contribution is 5.83. The Bertz CT molecular complexity index is 308. The van der Waals surface area contributed by atoms with E-state index in [1.54, 1.807) is 0 Å². The highest BCUT2D eigenvalue weighted by atomic mass is 16.2. The van der Waals surface area contributed by atoms with Crippen LogP contribution in [0.15, 0.2) is 0 Å². The van der Waals surface area contributed by atoms with Gasteiger partial charge in [0, 0.05) is 19.0 Å². The lowest BCUT2D eigenvalue weighted by Gasteiger charge is -2.22. The van der Waals surface area contributed by atoms with E-state index in [4.69, 9.17) is 0 Å². The molecule has 0 aromatic heterocycles. The lowest BCUT2D eigenvalue weighted by atomic mass is 9.95. The Morgan fingerprint density at radius 2 is 1.84 bits per heavy atom. The molecule has 2 amide bonds. The van der Waals surface area contributed by atoms with Crippen LogP contribution in [0.4, 0.5) is 0 Å². The van der Waals surface area contributed by atoms with Crippen LogP contribution in [0.3, 0.4) is 0 Å². The largest absolute Gasteiger partial charge is 0.354 e. The topological polar surface area (TPSA) is 70.2 Å². The molecule has 2 rings (SSSR count). The van der Waals surface area contributed by atoms with E-state index in [2.05, 4.69) is 16.0 Å². The average Bonchev–Trinajstić information content (AvgIpc) is 2.93. The van der Waals surface area contributed by atoms with Gasteiger partial charge < -0.3 is 16.0 Å². The van der Waals surface area contributed by atoms with E-state index in [-0.39, 0.29) is 17.9 Å². The molecule has 1 aliphatic carbocycles. The zero-order valence-corrected chi connectivity index (χ0v) is 11.5. The summed E-state index contributed by atoms with van der Waals surface area (Å²) in [4.78, 5) is 23.4. The molecule has 1 saturated heterocycles. The van der Waals surface area contributed by atoms with Crippen molar-refractivity contribution in [3.63, 3.8) is 0 Å². The first-order valence-corrected chi connectivity index (χ1v) is 7.56. The molecule has 0 aromatic rings. The summed E-state index contributed by atoms with van der Waals surface area (Å²) in [6.07, 6.45) is 8.27. The predicted octanol–water partition coefficient (Wildman–Crippen LogP) is 0.694. The van der Waals surface area contributed by atoms with Crippen molar-refractivity contribution in [2.75, 3.05) is 13.1 Å². The van der Waals surface area contributed by atoms with E-state index in [9.17, 15) is 9.59 Å². The quantitative estimate of drug-likeness (QED) is 0.686. The molecule has 1 atom stereocenters. The van der Waals surface area contributed by atoms with E-state index < -0.39 is 0 Å². The van der Waals surface area contributed by atoms with Crippen molar-refractivity contribution in [2.24, 2.45) is 0 Å². The molecule has 1 saturated carbocycles. The van der Waals surface area contributed by atoms with Crippen molar-refractivity contribution in [1.29, 1.82) is 0 Å². The Morgan fingerprint density at radius 3 is 2.53 bits per heavy atom. The van der Waals surface area contributed by atoms with Crippen LogP contribution in [0.2, 0.25) is 0 Å². The van der Waals surface area contributed by atoms with Crippen LogP contribution in [-0.2, 0) is 9.59 Å². The molecule has 5 nitrogen and oxygen atoms in total. The molecule has 2 aliphatic rings. The van der Waals surface area contributed by atoms with Gasteiger partial charge in [-0.15, -0.1) is 0 Å². The zero-order chi connectivity index (χ0) is 13.5. The third kappa shape index (κ3) is 4.82. The fourth-order valence-electron chi connectivity index (χ4n) is 2.88. The molecular weight excluding hydrogens is 242 g/mol. The summed E-state index contributed by atoms with van der Waals surface area (Å²) in [7, 11) is 0. The molecule has 5 heteroatoms. The van der Waals surface area contributed by atoms with Gasteiger partial charge in [0.1, 0.15) is 0 Å². The van der Waals surface area contributed by atoms with E-state index in [1.165, 1.54) is 19.3 Å². The molecule has 1 heterocycles. The molecule has 19 heavy (non-hydrogen) atoms. The molecule has 2 fully saturated rings. The number of hydrogen-bond donors (Lipinski definition) is 3. The van der Waals surface area contributed by atoms with Gasteiger partial charge in [-0.2, -0.15) is 0 Å². The third-order valence-corrected chi connectivity index (χ3v) is 4.00. The summed E-state index contributed by atoms with van der Waals surface area (Å²) in [6, 6.07) is 0.301. The molecule has 1 aliphatic heterocycles. The first-order chi connectivity index (χ1) is 9.25. The first-order valence-electron chi connectivity index (χ1n) is 7.56. The fraction of sp³-hybridized carbons (Fsp3) is 0.857. The minimum atomic E-state index is -0.0543. The molecule has 0 spiro atoms. The van der Waals surface area contributed by atoms with Gasteiger partial charge >= 0.3 is 0 Å². The van der Waals surface area contributed by atoms with Crippen molar-refractivity contribution >= 4 is 11.8 Å². The Hall–Kier alpha value is -1.10. The first kappa shape index (κ1) is 14.3. The second-order valence-corrected chi connectivity index (χ2v) is 5.59. The number of nitrogens with one attached hydrogen (secondary N) is 3. The van der Waals surface area contributed by atoms with Crippen LogP contribution in [0, 0.1) is 0 Å². The van der Waals surface area contributed by atoms with Gasteiger partial charge in [-0.25, -0.2) is 0 Å². The van der Waals surface area contributed by atoms with Gasteiger partial charge in [0.25, 0.3) is 0 Å². The maximum absolute atomic E-state index is 11.7. The number of amides is 2. The highest BCUT2D eigenvalue weighted by Gasteiger charge is 2.21. The highest BCUT2D eigenvalue weighted by Crippen LogP contribution is 2.17. The smallest absolute Gasteiger partial charge is 0.237 e. The van der Waals surface area contributed by atoms with E-state index in [0.717, 1.165) is 32.2 Å². The molecule has 1 unspecified atom stereocenters. The standard InChI is InChI=1S/C14H25N3O2/c18-13(17-11-5-2-1-3-6-11)8-10-16-14(19)12-7-4-9-15-12/h11-12,15H,1-10H2,(H,16,19)(H,17,18). The third-order valence-electron chi connectivity index (χ3n) is 4.00. The van der Waals surface area contributed by atoms with Gasteiger partial charge in [0.2, 0.25) is 11.8 Å². The summed E-state index contributed by atoms with van der Waals surface area (Å²) < 4.78 is 0. The summed E-state index contributed by atoms with van der Waals surface area (Å²) >= 11 is 0. The summed E-state index contributed by atoms with van der Waals surface area (Å²) in [5.74, 6) is 0.0922. The average molecular weight is 267 g/mol. The zero-order valence-electron chi connectivity index (χ0n) is 11.5. The van der Waals surface area contributed by atoms with Crippen LogP contribution in [0.25, 0.3) is 0 Å². The number of rotatable bonds is 5. The van der Waals surface area contributed by atoms with E-state index in [0.29, 0.717) is 19.0 Å². The van der Waals surface area contributed by atoms with Gasteiger partial charge in [0.05, 0.1) is 6.04 Å². The normalized spacial score (nSPS) is 24.1. The number of carbonyl (C=O) groups is 2. The lowest BCUT2D eigenvalue weighted by molar-refractivity contribution is -0.123. The second-order valence-electron chi connectivity index (χ2n) is 5.59. The van der Waals surface area contributed by atoms with Gasteiger partial charge in [-0.3, -0.25) is 9.59 Å². The van der Waals surface area contributed by atoms with Crippen LogP contribution in [0.5, 0.6) is 0 Å². The SMILES string of the molecule is O=C(CCNC(=O)C1CCCN1)NC1CCCCC1. The molecular formula is C14H25N3O2. The van der Waals surface area contributed by atoms with Gasteiger partial charge in [0.15, 0.2) is 0 Å². The second kappa shape index (κ2) is 7.48. The summed E-state index contributed by atoms with van der Waals surface area (Å²) in [5, 5.41) is 9.03. The summed E-state index contributed by atoms with van der Waals surface area (Å²) in [5.41, 5.74) is 0. The van der Waals surface area contributed by atoms with Crippen molar-refractivity contribution in [1.82, 2.24) is 16.0 Å². The molecule has 0 bridgehead atoms. The lowest BCUT2D eigenvalue weighted by Crippen LogP contribution is -2.42. The summed E-state index contributed by atoms with van der Waals surface area (Å²) in [6.45, 7) is 1.36. The Kier molecular flexibility index (Phi) is 5.63. The number of carbonyl (C=O) groups excluding carboxylic acids is 2. The minimum absolute atomic E-state index is 0.0305. The maximum atomic E-state index is 11.7. The number of hydrogen-bond acceptors (Lipinski definition) is 3. The Labute approximate surface area is 114 Å². The Morgan fingerprint density at radius 1 is 1.05 bits per heavy atom. The van der Waals surface area contributed by atoms with Crippen LogP contribution >= 0.6 is 0 Å².